The minimum absolute atomic E-state index is 1.05. The van der Waals surface area contributed by atoms with Crippen molar-refractivity contribution in [2.24, 2.45) is 7.05 Å². The highest BCUT2D eigenvalue weighted by Gasteiger charge is 2.22. The van der Waals surface area contributed by atoms with Crippen molar-refractivity contribution in [1.82, 2.24) is 9.47 Å². The highest BCUT2D eigenvalue weighted by molar-refractivity contribution is 5.85. The average Bonchev–Trinajstić information content (AvgIpc) is 2.82. The Hall–Kier alpha value is -2.06. The van der Waals surface area contributed by atoms with E-state index in [2.05, 4.69) is 71.1 Å². The maximum Gasteiger partial charge on any atom is 0.0483 e. The molecule has 2 heteroatoms. The van der Waals surface area contributed by atoms with Crippen LogP contribution in [0.4, 0.5) is 0 Å². The third-order valence-electron chi connectivity index (χ3n) is 4.64. The van der Waals surface area contributed by atoms with Crippen LogP contribution in [0.1, 0.15) is 16.8 Å². The van der Waals surface area contributed by atoms with E-state index in [-0.39, 0.29) is 0 Å². The summed E-state index contributed by atoms with van der Waals surface area (Å²) in [6, 6.07) is 19.6. The molecule has 0 N–H and O–H groups in total. The number of benzene rings is 2. The van der Waals surface area contributed by atoms with Gasteiger partial charge >= 0.3 is 0 Å². The quantitative estimate of drug-likeness (QED) is 0.692. The van der Waals surface area contributed by atoms with Crippen LogP contribution >= 0.6 is 0 Å². The minimum atomic E-state index is 1.05. The summed E-state index contributed by atoms with van der Waals surface area (Å²) in [6.07, 6.45) is 1.15. The normalized spacial score (nSPS) is 15.3. The number of nitrogens with zero attached hydrogens (tertiary/aromatic N) is 2. The Morgan fingerprint density at radius 1 is 0.952 bits per heavy atom. The summed E-state index contributed by atoms with van der Waals surface area (Å²) in [4.78, 5) is 2.56. The minimum Gasteiger partial charge on any atom is -0.347 e. The molecular weight excluding hydrogens is 256 g/mol. The van der Waals surface area contributed by atoms with Crippen LogP contribution in [0.3, 0.4) is 0 Å². The molecule has 2 heterocycles. The van der Waals surface area contributed by atoms with E-state index in [9.17, 15) is 0 Å². The first-order valence-electron chi connectivity index (χ1n) is 7.64. The monoisotopic (exact) mass is 276 g/mol. The molecule has 1 aliphatic rings. The van der Waals surface area contributed by atoms with Gasteiger partial charge in [0, 0.05) is 49.7 Å². The van der Waals surface area contributed by atoms with Gasteiger partial charge in [0.25, 0.3) is 0 Å². The lowest BCUT2D eigenvalue weighted by molar-refractivity contribution is 0.244. The van der Waals surface area contributed by atoms with E-state index in [4.69, 9.17) is 0 Å². The molecule has 0 aliphatic carbocycles. The van der Waals surface area contributed by atoms with Gasteiger partial charge in [0.05, 0.1) is 0 Å². The van der Waals surface area contributed by atoms with Gasteiger partial charge in [-0.15, -0.1) is 0 Å². The van der Waals surface area contributed by atoms with Crippen LogP contribution in [0.15, 0.2) is 54.6 Å². The lowest BCUT2D eigenvalue weighted by Crippen LogP contribution is -2.30. The molecule has 4 rings (SSSR count). The number of hydrogen-bond donors (Lipinski definition) is 0. The molecular formula is C19H20N2. The SMILES string of the molecule is Cn1c2c(c3ccccc31)CN(Cc1ccccc1)CC2. The van der Waals surface area contributed by atoms with Crippen LogP contribution in [0.25, 0.3) is 10.9 Å². The second-order valence-corrected chi connectivity index (χ2v) is 5.95. The Morgan fingerprint density at radius 3 is 2.57 bits per heavy atom. The summed E-state index contributed by atoms with van der Waals surface area (Å²) in [5, 5.41) is 1.42. The highest BCUT2D eigenvalue weighted by atomic mass is 15.1. The molecule has 0 saturated heterocycles. The van der Waals surface area contributed by atoms with Gasteiger partial charge in [0.2, 0.25) is 0 Å². The predicted octanol–water partition coefficient (Wildman–Crippen LogP) is 3.74. The summed E-state index contributed by atoms with van der Waals surface area (Å²) in [7, 11) is 2.20. The van der Waals surface area contributed by atoms with E-state index in [0.717, 1.165) is 26.1 Å². The fourth-order valence-electron chi connectivity index (χ4n) is 3.56. The summed E-state index contributed by atoms with van der Waals surface area (Å²) in [5.41, 5.74) is 5.81. The van der Waals surface area contributed by atoms with Gasteiger partial charge in [-0.1, -0.05) is 48.5 Å². The number of para-hydroxylation sites is 1. The molecule has 3 aromatic rings. The maximum atomic E-state index is 2.56. The van der Waals surface area contributed by atoms with E-state index in [1.165, 1.54) is 27.7 Å². The lowest BCUT2D eigenvalue weighted by Gasteiger charge is -2.27. The van der Waals surface area contributed by atoms with E-state index >= 15 is 0 Å². The zero-order valence-electron chi connectivity index (χ0n) is 12.4. The summed E-state index contributed by atoms with van der Waals surface area (Å²) >= 11 is 0. The molecule has 0 unspecified atom stereocenters. The molecule has 2 nitrogen and oxygen atoms in total. The molecule has 0 amide bonds. The molecule has 0 fully saturated rings. The second-order valence-electron chi connectivity index (χ2n) is 5.95. The fourth-order valence-corrected chi connectivity index (χ4v) is 3.56. The van der Waals surface area contributed by atoms with E-state index < -0.39 is 0 Å². The van der Waals surface area contributed by atoms with Gasteiger partial charge in [-0.2, -0.15) is 0 Å². The molecule has 1 aliphatic heterocycles. The second kappa shape index (κ2) is 5.05. The van der Waals surface area contributed by atoms with Crippen LogP contribution in [0, 0.1) is 0 Å². The smallest absolute Gasteiger partial charge is 0.0483 e. The first kappa shape index (κ1) is 12.7. The van der Waals surface area contributed by atoms with E-state index in [1.807, 2.05) is 0 Å². The molecule has 0 spiro atoms. The Morgan fingerprint density at radius 2 is 1.71 bits per heavy atom. The first-order chi connectivity index (χ1) is 10.3. The van der Waals surface area contributed by atoms with Gasteiger partial charge in [-0.25, -0.2) is 0 Å². The van der Waals surface area contributed by atoms with Crippen molar-refractivity contribution < 1.29 is 0 Å². The van der Waals surface area contributed by atoms with E-state index in [0.29, 0.717) is 0 Å². The highest BCUT2D eigenvalue weighted by Crippen LogP contribution is 2.30. The largest absolute Gasteiger partial charge is 0.347 e. The van der Waals surface area contributed by atoms with Gasteiger partial charge in [-0.05, 0) is 17.2 Å². The number of fused-ring (bicyclic) bond motifs is 3. The molecule has 2 aromatic carbocycles. The average molecular weight is 276 g/mol. The molecule has 0 radical (unpaired) electrons. The first-order valence-corrected chi connectivity index (χ1v) is 7.64. The topological polar surface area (TPSA) is 8.17 Å². The summed E-state index contributed by atoms with van der Waals surface area (Å²) in [5.74, 6) is 0. The Labute approximate surface area is 125 Å². The fraction of sp³-hybridized carbons (Fsp3) is 0.263. The predicted molar refractivity (Wildman–Crippen MR) is 87.2 cm³/mol. The Balaban J connectivity index is 1.67. The van der Waals surface area contributed by atoms with Gasteiger partial charge in [0.15, 0.2) is 0 Å². The zero-order valence-corrected chi connectivity index (χ0v) is 12.4. The third kappa shape index (κ3) is 2.16. The van der Waals surface area contributed by atoms with Crippen molar-refractivity contribution >= 4 is 10.9 Å². The van der Waals surface area contributed by atoms with Crippen molar-refractivity contribution in [2.75, 3.05) is 6.54 Å². The van der Waals surface area contributed by atoms with Crippen LogP contribution in [-0.2, 0) is 26.6 Å². The number of hydrogen-bond acceptors (Lipinski definition) is 1. The molecule has 0 saturated carbocycles. The molecule has 1 aromatic heterocycles. The van der Waals surface area contributed by atoms with Crippen molar-refractivity contribution in [2.45, 2.75) is 19.5 Å². The molecule has 0 atom stereocenters. The molecule has 106 valence electrons. The van der Waals surface area contributed by atoms with Crippen LogP contribution in [0.5, 0.6) is 0 Å². The van der Waals surface area contributed by atoms with Crippen LogP contribution < -0.4 is 0 Å². The van der Waals surface area contributed by atoms with Gasteiger partial charge < -0.3 is 4.57 Å². The van der Waals surface area contributed by atoms with Crippen LogP contribution in [-0.4, -0.2) is 16.0 Å². The standard InChI is InChI=1S/C19H20N2/c1-20-18-10-6-5-9-16(18)17-14-21(12-11-19(17)20)13-15-7-3-2-4-8-15/h2-10H,11-14H2,1H3. The summed E-state index contributed by atoms with van der Waals surface area (Å²) in [6.45, 7) is 3.25. The third-order valence-corrected chi connectivity index (χ3v) is 4.64. The van der Waals surface area contributed by atoms with Crippen molar-refractivity contribution in [3.05, 3.63) is 71.4 Å². The van der Waals surface area contributed by atoms with Crippen molar-refractivity contribution in [3.63, 3.8) is 0 Å². The Bertz CT molecular complexity index is 771. The number of rotatable bonds is 2. The maximum absolute atomic E-state index is 2.56. The van der Waals surface area contributed by atoms with Crippen molar-refractivity contribution in [3.8, 4) is 0 Å². The lowest BCUT2D eigenvalue weighted by atomic mass is 10.0. The number of aromatic nitrogens is 1. The van der Waals surface area contributed by atoms with Crippen LogP contribution in [0.2, 0.25) is 0 Å². The van der Waals surface area contributed by atoms with E-state index in [1.54, 1.807) is 0 Å². The zero-order chi connectivity index (χ0) is 14.2. The molecule has 0 bridgehead atoms. The summed E-state index contributed by atoms with van der Waals surface area (Å²) < 4.78 is 2.38. The van der Waals surface area contributed by atoms with Crippen molar-refractivity contribution in [1.29, 1.82) is 0 Å². The number of aryl methyl sites for hydroxylation is 1. The Kier molecular flexibility index (Phi) is 3.04. The molecule has 21 heavy (non-hydrogen) atoms. The van der Waals surface area contributed by atoms with Gasteiger partial charge in [0.1, 0.15) is 0 Å². The van der Waals surface area contributed by atoms with Gasteiger partial charge in [-0.3, -0.25) is 4.90 Å².